The van der Waals surface area contributed by atoms with E-state index in [0.29, 0.717) is 10.6 Å². The van der Waals surface area contributed by atoms with E-state index in [4.69, 9.17) is 21.3 Å². The number of halogens is 1. The summed E-state index contributed by atoms with van der Waals surface area (Å²) in [5, 5.41) is 1.48. The molecule has 3 nitrogen and oxygen atoms in total. The summed E-state index contributed by atoms with van der Waals surface area (Å²) in [6.07, 6.45) is 5.17. The minimum absolute atomic E-state index is 0.171. The average Bonchev–Trinajstić information content (AvgIpc) is 2.90. The zero-order valence-corrected chi connectivity index (χ0v) is 15.3. The molecule has 0 saturated carbocycles. The summed E-state index contributed by atoms with van der Waals surface area (Å²) < 4.78 is 5.66. The summed E-state index contributed by atoms with van der Waals surface area (Å²) in [5.74, 6) is -0.290. The quantitative estimate of drug-likeness (QED) is 0.453. The molecule has 1 aliphatic rings. The van der Waals surface area contributed by atoms with E-state index in [2.05, 4.69) is 0 Å². The summed E-state index contributed by atoms with van der Waals surface area (Å²) in [7, 11) is 0. The van der Waals surface area contributed by atoms with Crippen LogP contribution in [0.5, 0.6) is 0 Å². The van der Waals surface area contributed by atoms with Crippen molar-refractivity contribution in [1.29, 1.82) is 0 Å². The number of aromatic nitrogens is 1. The highest BCUT2D eigenvalue weighted by Gasteiger charge is 2.23. The number of carbonyl (C=O) groups excluding carboxylic acids is 1. The van der Waals surface area contributed by atoms with E-state index in [1.165, 1.54) is 6.42 Å². The van der Waals surface area contributed by atoms with Crippen molar-refractivity contribution in [3.8, 4) is 0 Å². The smallest absolute Gasteiger partial charge is 0.339 e. The van der Waals surface area contributed by atoms with Gasteiger partial charge in [-0.3, -0.25) is 4.98 Å². The molecule has 0 spiro atoms. The maximum Gasteiger partial charge on any atom is 0.339 e. The summed E-state index contributed by atoms with van der Waals surface area (Å²) >= 11 is 6.18. The lowest BCUT2D eigenvalue weighted by atomic mass is 9.97. The van der Waals surface area contributed by atoms with Crippen LogP contribution in [0, 0.1) is 0 Å². The van der Waals surface area contributed by atoms with Gasteiger partial charge in [-0.2, -0.15) is 0 Å². The molecule has 0 bridgehead atoms. The Morgan fingerprint density at radius 3 is 2.65 bits per heavy atom. The van der Waals surface area contributed by atoms with Gasteiger partial charge < -0.3 is 4.74 Å². The van der Waals surface area contributed by atoms with E-state index in [0.717, 1.165) is 53.4 Å². The molecule has 4 rings (SSSR count). The van der Waals surface area contributed by atoms with Gasteiger partial charge in [0.05, 0.1) is 11.1 Å². The first-order valence-corrected chi connectivity index (χ1v) is 9.43. The van der Waals surface area contributed by atoms with Crippen LogP contribution in [0.4, 0.5) is 0 Å². The number of esters is 1. The van der Waals surface area contributed by atoms with E-state index >= 15 is 0 Å². The number of carbonyl (C=O) groups is 1. The molecular weight excluding hydrogens is 346 g/mol. The Morgan fingerprint density at radius 2 is 1.77 bits per heavy atom. The predicted octanol–water partition coefficient (Wildman–Crippen LogP) is 5.51. The number of rotatable bonds is 3. The highest BCUT2D eigenvalue weighted by Crippen LogP contribution is 2.29. The van der Waals surface area contributed by atoms with Gasteiger partial charge in [0.25, 0.3) is 0 Å². The minimum atomic E-state index is -0.290. The number of nitrogens with zero attached hydrogens (tertiary/aromatic N) is 1. The Balaban J connectivity index is 1.73. The third-order valence-electron chi connectivity index (χ3n) is 4.94. The van der Waals surface area contributed by atoms with Crippen LogP contribution >= 0.6 is 11.6 Å². The van der Waals surface area contributed by atoms with Crippen molar-refractivity contribution in [1.82, 2.24) is 4.98 Å². The Bertz CT molecular complexity index is 968. The van der Waals surface area contributed by atoms with Gasteiger partial charge in [0, 0.05) is 21.7 Å². The molecule has 3 aromatic rings. The zero-order valence-electron chi connectivity index (χ0n) is 14.5. The van der Waals surface area contributed by atoms with Gasteiger partial charge in [-0.05, 0) is 43.4 Å². The molecule has 132 valence electrons. The highest BCUT2D eigenvalue weighted by molar-refractivity contribution is 6.31. The highest BCUT2D eigenvalue weighted by atomic mass is 35.5. The number of para-hydroxylation sites is 1. The fourth-order valence-corrected chi connectivity index (χ4v) is 3.80. The van der Waals surface area contributed by atoms with E-state index < -0.39 is 0 Å². The van der Waals surface area contributed by atoms with Gasteiger partial charge in [0.2, 0.25) is 0 Å². The second-order valence-electron chi connectivity index (χ2n) is 6.66. The van der Waals surface area contributed by atoms with Crippen molar-refractivity contribution in [2.75, 3.05) is 0 Å². The number of fused-ring (bicyclic) bond motifs is 2. The monoisotopic (exact) mass is 365 g/mol. The Morgan fingerprint density at radius 1 is 1.00 bits per heavy atom. The summed E-state index contributed by atoms with van der Waals surface area (Å²) in [6.45, 7) is 0.171. The van der Waals surface area contributed by atoms with Crippen molar-refractivity contribution in [2.24, 2.45) is 0 Å². The Labute approximate surface area is 158 Å². The number of benzene rings is 2. The van der Waals surface area contributed by atoms with Gasteiger partial charge in [-0.1, -0.05) is 54.4 Å². The van der Waals surface area contributed by atoms with Crippen molar-refractivity contribution in [3.05, 3.63) is 75.9 Å². The standard InChI is InChI=1S/C22H20ClNO2/c23-18-11-6-4-8-15(18)14-26-22(25)21-16-9-2-1-3-12-19(16)24-20-13-7-5-10-17(20)21/h4-8,10-11,13H,1-3,9,12,14H2. The summed E-state index contributed by atoms with van der Waals surface area (Å²) in [6, 6.07) is 15.3. The number of pyridine rings is 1. The molecule has 1 aromatic heterocycles. The van der Waals surface area contributed by atoms with Crippen molar-refractivity contribution >= 4 is 28.5 Å². The number of ether oxygens (including phenoxy) is 1. The number of hydrogen-bond donors (Lipinski definition) is 0. The van der Waals surface area contributed by atoms with Crippen LogP contribution in [-0.2, 0) is 24.2 Å². The normalized spacial score (nSPS) is 13.9. The lowest BCUT2D eigenvalue weighted by molar-refractivity contribution is 0.0473. The third kappa shape index (κ3) is 3.32. The first-order chi connectivity index (χ1) is 12.7. The molecular formula is C22H20ClNO2. The molecule has 2 aromatic carbocycles. The summed E-state index contributed by atoms with van der Waals surface area (Å²) in [5.41, 5.74) is 4.46. The van der Waals surface area contributed by atoms with Gasteiger partial charge in [-0.15, -0.1) is 0 Å². The Hall–Kier alpha value is -2.39. The van der Waals surface area contributed by atoms with Crippen molar-refractivity contribution in [3.63, 3.8) is 0 Å². The maximum atomic E-state index is 13.0. The molecule has 0 unspecified atom stereocenters. The second kappa shape index (κ2) is 7.46. The SMILES string of the molecule is O=C(OCc1ccccc1Cl)c1c2c(nc3ccccc13)CCCCC2. The van der Waals surface area contributed by atoms with Crippen LogP contribution in [0.3, 0.4) is 0 Å². The molecule has 0 atom stereocenters. The molecule has 1 aliphatic carbocycles. The van der Waals surface area contributed by atoms with Crippen LogP contribution in [0.2, 0.25) is 5.02 Å². The fourth-order valence-electron chi connectivity index (χ4n) is 3.61. The molecule has 0 saturated heterocycles. The number of hydrogen-bond acceptors (Lipinski definition) is 3. The molecule has 4 heteroatoms. The van der Waals surface area contributed by atoms with Gasteiger partial charge in [0.15, 0.2) is 0 Å². The molecule has 0 aliphatic heterocycles. The summed E-state index contributed by atoms with van der Waals surface area (Å²) in [4.78, 5) is 17.9. The first-order valence-electron chi connectivity index (χ1n) is 9.05. The molecule has 0 N–H and O–H groups in total. The van der Waals surface area contributed by atoms with Gasteiger partial charge in [0.1, 0.15) is 6.61 Å². The zero-order chi connectivity index (χ0) is 17.9. The van der Waals surface area contributed by atoms with Crippen molar-refractivity contribution in [2.45, 2.75) is 38.7 Å². The van der Waals surface area contributed by atoms with E-state index in [1.807, 2.05) is 42.5 Å². The molecule has 0 fully saturated rings. The predicted molar refractivity (Wildman–Crippen MR) is 104 cm³/mol. The minimum Gasteiger partial charge on any atom is -0.457 e. The van der Waals surface area contributed by atoms with Crippen LogP contribution in [0.15, 0.2) is 48.5 Å². The van der Waals surface area contributed by atoms with E-state index in [1.54, 1.807) is 6.07 Å². The van der Waals surface area contributed by atoms with Crippen LogP contribution in [0.1, 0.15) is 46.4 Å². The van der Waals surface area contributed by atoms with Crippen molar-refractivity contribution < 1.29 is 9.53 Å². The van der Waals surface area contributed by atoms with E-state index in [-0.39, 0.29) is 12.6 Å². The Kier molecular flexibility index (Phi) is 4.89. The van der Waals surface area contributed by atoms with Gasteiger partial charge >= 0.3 is 5.97 Å². The molecule has 1 heterocycles. The maximum absolute atomic E-state index is 13.0. The first kappa shape index (κ1) is 17.0. The fraction of sp³-hybridized carbons (Fsp3) is 0.273. The molecule has 26 heavy (non-hydrogen) atoms. The van der Waals surface area contributed by atoms with E-state index in [9.17, 15) is 4.79 Å². The second-order valence-corrected chi connectivity index (χ2v) is 7.06. The third-order valence-corrected chi connectivity index (χ3v) is 5.31. The molecule has 0 amide bonds. The largest absolute Gasteiger partial charge is 0.457 e. The van der Waals surface area contributed by atoms with Crippen LogP contribution < -0.4 is 0 Å². The molecule has 0 radical (unpaired) electrons. The lowest BCUT2D eigenvalue weighted by Crippen LogP contribution is -2.12. The topological polar surface area (TPSA) is 39.2 Å². The van der Waals surface area contributed by atoms with Crippen LogP contribution in [-0.4, -0.2) is 11.0 Å². The lowest BCUT2D eigenvalue weighted by Gasteiger charge is -2.15. The van der Waals surface area contributed by atoms with Gasteiger partial charge in [-0.25, -0.2) is 4.79 Å². The average molecular weight is 366 g/mol. The number of aryl methyl sites for hydroxylation is 1. The van der Waals surface area contributed by atoms with Crippen LogP contribution in [0.25, 0.3) is 10.9 Å².